The first kappa shape index (κ1) is 16.1. The number of hydrogen-bond donors (Lipinski definition) is 0. The Morgan fingerprint density at radius 3 is 2.65 bits per heavy atom. The molecule has 1 saturated carbocycles. The van der Waals surface area contributed by atoms with Gasteiger partial charge in [0.2, 0.25) is 0 Å². The number of piperidine rings is 1. The molecule has 1 saturated heterocycles. The van der Waals surface area contributed by atoms with Gasteiger partial charge in [-0.25, -0.2) is 4.98 Å². The highest BCUT2D eigenvalue weighted by Gasteiger charge is 2.33. The first-order valence-corrected chi connectivity index (χ1v) is 10.3. The molecule has 0 unspecified atom stereocenters. The van der Waals surface area contributed by atoms with Crippen molar-refractivity contribution in [1.29, 1.82) is 0 Å². The van der Waals surface area contributed by atoms with E-state index in [0.717, 1.165) is 38.3 Å². The predicted octanol–water partition coefficient (Wildman–Crippen LogP) is 2.69. The van der Waals surface area contributed by atoms with Crippen LogP contribution in [0.3, 0.4) is 0 Å². The van der Waals surface area contributed by atoms with Crippen molar-refractivity contribution >= 4 is 11.3 Å². The van der Waals surface area contributed by atoms with Gasteiger partial charge in [0.05, 0.1) is 11.2 Å². The Hall–Kier alpha value is -2.06. The molecular formula is C18H23N7S. The quantitative estimate of drug-likeness (QED) is 0.668. The van der Waals surface area contributed by atoms with E-state index in [1.165, 1.54) is 24.4 Å². The van der Waals surface area contributed by atoms with E-state index in [0.29, 0.717) is 18.5 Å². The van der Waals surface area contributed by atoms with Crippen molar-refractivity contribution in [3.8, 4) is 0 Å². The van der Waals surface area contributed by atoms with E-state index in [-0.39, 0.29) is 0 Å². The molecule has 3 aromatic heterocycles. The fourth-order valence-electron chi connectivity index (χ4n) is 3.89. The number of nitrogens with zero attached hydrogens (tertiary/aromatic N) is 7. The summed E-state index contributed by atoms with van der Waals surface area (Å²) in [4.78, 5) is 6.92. The van der Waals surface area contributed by atoms with Gasteiger partial charge in [-0.1, -0.05) is 0 Å². The summed E-state index contributed by atoms with van der Waals surface area (Å²) in [7, 11) is 0. The van der Waals surface area contributed by atoms with Gasteiger partial charge in [0.15, 0.2) is 5.82 Å². The molecular weight excluding hydrogens is 346 g/mol. The molecule has 2 aliphatic rings. The molecule has 8 heteroatoms. The average Bonchev–Trinajstić information content (AvgIpc) is 3.07. The van der Waals surface area contributed by atoms with E-state index >= 15 is 0 Å². The molecule has 0 spiro atoms. The van der Waals surface area contributed by atoms with Crippen LogP contribution in [0.1, 0.15) is 55.0 Å². The van der Waals surface area contributed by atoms with Gasteiger partial charge in [0.1, 0.15) is 12.4 Å². The van der Waals surface area contributed by atoms with Gasteiger partial charge in [-0.3, -0.25) is 9.58 Å². The molecule has 2 fully saturated rings. The lowest BCUT2D eigenvalue weighted by molar-refractivity contribution is 0.198. The van der Waals surface area contributed by atoms with Gasteiger partial charge in [-0.15, -0.1) is 21.5 Å². The lowest BCUT2D eigenvalue weighted by Crippen LogP contribution is -2.33. The van der Waals surface area contributed by atoms with Crippen LogP contribution in [0.15, 0.2) is 29.4 Å². The monoisotopic (exact) mass is 369 g/mol. The molecule has 26 heavy (non-hydrogen) atoms. The number of rotatable bonds is 6. The van der Waals surface area contributed by atoms with Gasteiger partial charge >= 0.3 is 0 Å². The van der Waals surface area contributed by atoms with Crippen molar-refractivity contribution in [1.82, 2.24) is 34.4 Å². The zero-order chi connectivity index (χ0) is 17.3. The van der Waals surface area contributed by atoms with Crippen molar-refractivity contribution in [2.75, 3.05) is 13.1 Å². The summed E-state index contributed by atoms with van der Waals surface area (Å²) < 4.78 is 4.35. The molecule has 7 nitrogen and oxygen atoms in total. The Morgan fingerprint density at radius 1 is 1.08 bits per heavy atom. The molecule has 0 radical (unpaired) electrons. The zero-order valence-corrected chi connectivity index (χ0v) is 15.6. The lowest BCUT2D eigenvalue weighted by Gasteiger charge is -2.31. The number of hydrogen-bond acceptors (Lipinski definition) is 6. The summed E-state index contributed by atoms with van der Waals surface area (Å²) in [5.41, 5.74) is 3.11. The first-order chi connectivity index (χ1) is 12.9. The largest absolute Gasteiger partial charge is 0.310 e. The van der Waals surface area contributed by atoms with E-state index < -0.39 is 0 Å². The summed E-state index contributed by atoms with van der Waals surface area (Å²) >= 11 is 1.68. The van der Waals surface area contributed by atoms with Gasteiger partial charge in [0.25, 0.3) is 0 Å². The Labute approximate surface area is 156 Å². The molecule has 0 amide bonds. The molecule has 1 aliphatic heterocycles. The van der Waals surface area contributed by atoms with Crippen molar-refractivity contribution in [2.45, 2.75) is 50.7 Å². The molecule has 0 bridgehead atoms. The van der Waals surface area contributed by atoms with Crippen LogP contribution >= 0.6 is 11.3 Å². The highest BCUT2D eigenvalue weighted by molar-refractivity contribution is 7.07. The minimum absolute atomic E-state index is 0.515. The summed E-state index contributed by atoms with van der Waals surface area (Å²) in [6.07, 6.45) is 8.60. The molecule has 4 heterocycles. The van der Waals surface area contributed by atoms with Crippen molar-refractivity contribution < 1.29 is 0 Å². The van der Waals surface area contributed by atoms with Crippen LogP contribution in [0.5, 0.6) is 0 Å². The predicted molar refractivity (Wildman–Crippen MR) is 99.0 cm³/mol. The van der Waals surface area contributed by atoms with Crippen molar-refractivity contribution in [2.24, 2.45) is 0 Å². The normalized spacial score (nSPS) is 19.2. The maximum Gasteiger partial charge on any atom is 0.155 e. The van der Waals surface area contributed by atoms with E-state index in [2.05, 4.69) is 35.1 Å². The smallest absolute Gasteiger partial charge is 0.155 e. The van der Waals surface area contributed by atoms with Crippen molar-refractivity contribution in [3.05, 3.63) is 46.7 Å². The number of likely N-dealkylation sites (tertiary alicyclic amines) is 1. The Balaban J connectivity index is 1.29. The van der Waals surface area contributed by atoms with Gasteiger partial charge in [-0.2, -0.15) is 5.10 Å². The molecule has 0 atom stereocenters. The summed E-state index contributed by atoms with van der Waals surface area (Å²) in [6.45, 7) is 3.89. The molecule has 3 aromatic rings. The van der Waals surface area contributed by atoms with E-state index in [9.17, 15) is 0 Å². The van der Waals surface area contributed by atoms with Crippen LogP contribution < -0.4 is 0 Å². The fourth-order valence-corrected chi connectivity index (χ4v) is 4.44. The second kappa shape index (κ2) is 6.92. The summed E-state index contributed by atoms with van der Waals surface area (Å²) in [5, 5.41) is 15.6. The standard InChI is InChI=1S/C18H23N7S/c1-6-20-24(7-1)11-17-21-22-18(25(17)16-2-3-16)14-4-8-23(9-5-14)10-15-12-26-13-19-15/h1,6-7,12-14,16H,2-5,8-11H2. The third-order valence-corrected chi connectivity index (χ3v) is 6.02. The van der Waals surface area contributed by atoms with Crippen LogP contribution in [-0.4, -0.2) is 47.5 Å². The topological polar surface area (TPSA) is 64.7 Å². The highest BCUT2D eigenvalue weighted by Crippen LogP contribution is 2.40. The van der Waals surface area contributed by atoms with Crippen LogP contribution in [-0.2, 0) is 13.1 Å². The van der Waals surface area contributed by atoms with Crippen LogP contribution in [0.25, 0.3) is 0 Å². The van der Waals surface area contributed by atoms with E-state index in [1.807, 2.05) is 28.7 Å². The Bertz CT molecular complexity index is 827. The van der Waals surface area contributed by atoms with Gasteiger partial charge in [0, 0.05) is 36.3 Å². The van der Waals surface area contributed by atoms with Crippen LogP contribution in [0, 0.1) is 0 Å². The molecule has 5 rings (SSSR count). The maximum absolute atomic E-state index is 4.63. The van der Waals surface area contributed by atoms with E-state index in [4.69, 9.17) is 0 Å². The Kier molecular flexibility index (Phi) is 4.30. The molecule has 0 N–H and O–H groups in total. The van der Waals surface area contributed by atoms with Crippen LogP contribution in [0.4, 0.5) is 0 Å². The second-order valence-electron chi connectivity index (χ2n) is 7.31. The minimum Gasteiger partial charge on any atom is -0.310 e. The SMILES string of the molecule is c1cnn(Cc2nnc(C3CCN(Cc4cscn4)CC3)n2C2CC2)c1. The second-order valence-corrected chi connectivity index (χ2v) is 8.03. The van der Waals surface area contributed by atoms with Gasteiger partial charge < -0.3 is 4.57 Å². The molecule has 0 aromatic carbocycles. The van der Waals surface area contributed by atoms with Crippen molar-refractivity contribution in [3.63, 3.8) is 0 Å². The van der Waals surface area contributed by atoms with Crippen LogP contribution in [0.2, 0.25) is 0 Å². The molecule has 136 valence electrons. The maximum atomic E-state index is 4.63. The minimum atomic E-state index is 0.515. The van der Waals surface area contributed by atoms with Gasteiger partial charge in [-0.05, 0) is 44.8 Å². The average molecular weight is 369 g/mol. The number of aromatic nitrogens is 6. The molecule has 1 aliphatic carbocycles. The fraction of sp³-hybridized carbons (Fsp3) is 0.556. The summed E-state index contributed by atoms with van der Waals surface area (Å²) in [6, 6.07) is 2.55. The Morgan fingerprint density at radius 2 is 1.96 bits per heavy atom. The first-order valence-electron chi connectivity index (χ1n) is 9.37. The third kappa shape index (κ3) is 3.31. The van der Waals surface area contributed by atoms with E-state index in [1.54, 1.807) is 11.3 Å². The lowest BCUT2D eigenvalue weighted by atomic mass is 9.95. The highest BCUT2D eigenvalue weighted by atomic mass is 32.1. The third-order valence-electron chi connectivity index (χ3n) is 5.39. The number of thiazole rings is 1. The zero-order valence-electron chi connectivity index (χ0n) is 14.7. The summed E-state index contributed by atoms with van der Waals surface area (Å²) in [5.74, 6) is 2.76.